The maximum Gasteiger partial charge on any atom is 0.311 e. The monoisotopic (exact) mass is 644 g/mol. The minimum Gasteiger partial charge on any atom is -0.459 e. The van der Waals surface area contributed by atoms with E-state index in [9.17, 15) is 24.9 Å². The van der Waals surface area contributed by atoms with Crippen molar-refractivity contribution in [2.75, 3.05) is 14.2 Å². The number of cyclic esters (lactones) is 1. The third kappa shape index (κ3) is 8.30. The summed E-state index contributed by atoms with van der Waals surface area (Å²) in [6.45, 7) is 22.4. The van der Waals surface area contributed by atoms with Crippen LogP contribution in [0, 0.1) is 41.4 Å². The molecule has 2 saturated heterocycles. The number of rotatable bonds is 7. The molecule has 0 aromatic heterocycles. The van der Waals surface area contributed by atoms with Gasteiger partial charge in [-0.2, -0.15) is 0 Å². The Kier molecular flexibility index (Phi) is 13.7. The van der Waals surface area contributed by atoms with Gasteiger partial charge in [-0.3, -0.25) is 9.59 Å². The Morgan fingerprint density at radius 2 is 1.44 bits per heavy atom. The highest BCUT2D eigenvalue weighted by Crippen LogP contribution is 2.46. The van der Waals surface area contributed by atoms with Crippen LogP contribution in [0.1, 0.15) is 102 Å². The third-order valence-electron chi connectivity index (χ3n) is 11.5. The van der Waals surface area contributed by atoms with Gasteiger partial charge in [-0.1, -0.05) is 48.5 Å². The molecule has 264 valence electrons. The van der Waals surface area contributed by atoms with E-state index in [0.717, 1.165) is 0 Å². The highest BCUT2D eigenvalue weighted by atomic mass is 16.7. The topological polar surface area (TPSA) is 141 Å². The molecule has 0 aromatic rings. The zero-order valence-electron chi connectivity index (χ0n) is 30.3. The van der Waals surface area contributed by atoms with Crippen LogP contribution in [0.5, 0.6) is 0 Å². The van der Waals surface area contributed by atoms with Gasteiger partial charge in [0.25, 0.3) is 0 Å². The Morgan fingerprint density at radius 1 is 0.889 bits per heavy atom. The Balaban J connectivity index is 2.76. The van der Waals surface area contributed by atoms with E-state index in [1.54, 1.807) is 41.9 Å². The van der Waals surface area contributed by atoms with Crippen molar-refractivity contribution in [2.24, 2.45) is 41.4 Å². The number of aliphatic hydroxyl groups excluding tert-OH is 2. The summed E-state index contributed by atoms with van der Waals surface area (Å²) >= 11 is 0. The first-order chi connectivity index (χ1) is 20.6. The van der Waals surface area contributed by atoms with E-state index in [1.165, 1.54) is 6.92 Å². The van der Waals surface area contributed by atoms with E-state index in [0.29, 0.717) is 6.42 Å². The number of ketones is 1. The lowest BCUT2D eigenvalue weighted by Gasteiger charge is -2.50. The molecule has 0 bridgehead atoms. The molecule has 0 amide bonds. The minimum atomic E-state index is -1.89. The van der Waals surface area contributed by atoms with Crippen molar-refractivity contribution in [3.05, 3.63) is 0 Å². The molecule has 2 rings (SSSR count). The largest absolute Gasteiger partial charge is 0.459 e. The number of carbonyl (C=O) groups is 2. The molecular formula is C35H64O10. The molecule has 10 heteroatoms. The van der Waals surface area contributed by atoms with Gasteiger partial charge >= 0.3 is 5.97 Å². The molecule has 0 aromatic carbocycles. The first-order valence-electron chi connectivity index (χ1n) is 16.9. The molecule has 2 aliphatic heterocycles. The summed E-state index contributed by atoms with van der Waals surface area (Å²) in [7, 11) is 3.19. The molecule has 0 spiro atoms. The smallest absolute Gasteiger partial charge is 0.311 e. The van der Waals surface area contributed by atoms with E-state index in [-0.39, 0.29) is 42.3 Å². The Hall–Kier alpha value is -1.14. The van der Waals surface area contributed by atoms with Gasteiger partial charge in [-0.05, 0) is 71.1 Å². The van der Waals surface area contributed by atoms with Crippen LogP contribution < -0.4 is 0 Å². The van der Waals surface area contributed by atoms with Gasteiger partial charge in [-0.25, -0.2) is 0 Å². The molecule has 1 unspecified atom stereocenters. The van der Waals surface area contributed by atoms with Crippen molar-refractivity contribution < 1.29 is 48.6 Å². The fourth-order valence-electron chi connectivity index (χ4n) is 8.04. The van der Waals surface area contributed by atoms with E-state index >= 15 is 0 Å². The quantitative estimate of drug-likeness (QED) is 0.339. The molecule has 2 heterocycles. The second-order valence-electron chi connectivity index (χ2n) is 15.1. The summed E-state index contributed by atoms with van der Waals surface area (Å²) in [5, 5.41) is 33.7. The molecule has 2 aliphatic rings. The number of methoxy groups -OCH3 is 2. The molecular weight excluding hydrogens is 580 g/mol. The molecule has 0 saturated carbocycles. The van der Waals surface area contributed by atoms with Crippen molar-refractivity contribution in [2.45, 2.75) is 156 Å². The van der Waals surface area contributed by atoms with Gasteiger partial charge in [-0.15, -0.1) is 0 Å². The SMILES string of the molecule is CC[C@H]1OC(=O)[C@H](C)[C@@H](O[C@H]2C[C@@](C)(OC)[C@@H](O)[C@H](C)O2)[C@H](C)[C@@H](C(C)C(C)C)[C@](C)(OC)C[C@@H](C)C(=O)[C@H](C)[C@@H](O)[C@]1(C)O. The van der Waals surface area contributed by atoms with Crippen LogP contribution in [0.15, 0.2) is 0 Å². The number of hydrogen-bond donors (Lipinski definition) is 3. The van der Waals surface area contributed by atoms with Crippen LogP contribution in [-0.2, 0) is 33.3 Å². The van der Waals surface area contributed by atoms with Crippen LogP contribution in [-0.4, -0.2) is 94.9 Å². The zero-order valence-corrected chi connectivity index (χ0v) is 30.3. The lowest BCUT2D eigenvalue weighted by Crippen LogP contribution is -2.59. The van der Waals surface area contributed by atoms with Gasteiger partial charge in [0.15, 0.2) is 6.29 Å². The zero-order chi connectivity index (χ0) is 34.8. The lowest BCUT2D eigenvalue weighted by molar-refractivity contribution is -0.299. The third-order valence-corrected chi connectivity index (χ3v) is 11.5. The molecule has 15 atom stereocenters. The van der Waals surface area contributed by atoms with Crippen molar-refractivity contribution in [1.82, 2.24) is 0 Å². The first-order valence-corrected chi connectivity index (χ1v) is 16.9. The summed E-state index contributed by atoms with van der Waals surface area (Å²) in [5.74, 6) is -3.19. The maximum atomic E-state index is 14.0. The average Bonchev–Trinajstić information content (AvgIpc) is 2.98. The minimum absolute atomic E-state index is 0.0823. The fourth-order valence-corrected chi connectivity index (χ4v) is 8.04. The van der Waals surface area contributed by atoms with Gasteiger partial charge in [0.05, 0.1) is 35.4 Å². The number of Topliss-reactive ketones (excluding diaryl/α,β-unsaturated/α-hetero) is 1. The molecule has 2 fully saturated rings. The normalized spacial score (nSPS) is 46.8. The van der Waals surface area contributed by atoms with Crippen LogP contribution in [0.2, 0.25) is 0 Å². The highest BCUT2D eigenvalue weighted by Gasteiger charge is 2.53. The van der Waals surface area contributed by atoms with Gasteiger partial charge in [0.1, 0.15) is 23.6 Å². The van der Waals surface area contributed by atoms with E-state index in [4.69, 9.17) is 23.7 Å². The highest BCUT2D eigenvalue weighted by molar-refractivity contribution is 5.83. The van der Waals surface area contributed by atoms with Crippen molar-refractivity contribution in [3.8, 4) is 0 Å². The van der Waals surface area contributed by atoms with Crippen LogP contribution in [0.25, 0.3) is 0 Å². The first kappa shape index (κ1) is 40.0. The molecule has 0 aliphatic carbocycles. The molecule has 45 heavy (non-hydrogen) atoms. The number of hydrogen-bond acceptors (Lipinski definition) is 10. The lowest BCUT2D eigenvalue weighted by atomic mass is 9.63. The summed E-state index contributed by atoms with van der Waals surface area (Å²) in [6, 6.07) is 0. The molecule has 0 radical (unpaired) electrons. The van der Waals surface area contributed by atoms with Crippen molar-refractivity contribution in [3.63, 3.8) is 0 Å². The number of ether oxygens (including phenoxy) is 5. The predicted octanol–water partition coefficient (Wildman–Crippen LogP) is 4.54. The fraction of sp³-hybridized carbons (Fsp3) is 0.943. The summed E-state index contributed by atoms with van der Waals surface area (Å²) in [4.78, 5) is 27.8. The number of esters is 1. The van der Waals surface area contributed by atoms with E-state index in [1.807, 2.05) is 27.7 Å². The summed E-state index contributed by atoms with van der Waals surface area (Å²) in [6.07, 6.45) is -4.73. The predicted molar refractivity (Wildman–Crippen MR) is 171 cm³/mol. The Morgan fingerprint density at radius 3 is 1.93 bits per heavy atom. The second kappa shape index (κ2) is 15.4. The van der Waals surface area contributed by atoms with Crippen molar-refractivity contribution >= 4 is 11.8 Å². The van der Waals surface area contributed by atoms with Crippen LogP contribution in [0.3, 0.4) is 0 Å². The standard InChI is InChI=1S/C35H64O10/c1-15-25-35(12,40)30(37)22(7)28(36)19(4)16-33(10,41-13)27(20(5)18(2)3)21(6)29(23(8)32(39)44-25)45-26-17-34(11,42-14)31(38)24(9)43-26/h18-27,29-31,37-38,40H,15-17H2,1-14H3/t19-,20?,21-,22+,23-,24+,25-,26+,27-,29+,30-,31+,33-,34-,35-/m1/s1. The van der Waals surface area contributed by atoms with Gasteiger partial charge in [0.2, 0.25) is 0 Å². The number of carbonyl (C=O) groups excluding carboxylic acids is 2. The summed E-state index contributed by atoms with van der Waals surface area (Å²) in [5.41, 5.74) is -3.65. The van der Waals surface area contributed by atoms with E-state index < -0.39 is 77.3 Å². The summed E-state index contributed by atoms with van der Waals surface area (Å²) < 4.78 is 30.9. The van der Waals surface area contributed by atoms with Crippen molar-refractivity contribution in [1.29, 1.82) is 0 Å². The number of aliphatic hydroxyl groups is 3. The van der Waals surface area contributed by atoms with E-state index in [2.05, 4.69) is 20.8 Å². The molecule has 3 N–H and O–H groups in total. The maximum absolute atomic E-state index is 14.0. The van der Waals surface area contributed by atoms with Crippen LogP contribution >= 0.6 is 0 Å². The van der Waals surface area contributed by atoms with Gasteiger partial charge in [0, 0.05) is 32.5 Å². The molecule has 10 nitrogen and oxygen atoms in total. The second-order valence-corrected chi connectivity index (χ2v) is 15.1. The Labute approximate surface area is 271 Å². The van der Waals surface area contributed by atoms with Gasteiger partial charge < -0.3 is 39.0 Å². The average molecular weight is 645 g/mol. The Bertz CT molecular complexity index is 985. The van der Waals surface area contributed by atoms with Crippen LogP contribution in [0.4, 0.5) is 0 Å².